The van der Waals surface area contributed by atoms with Crippen molar-refractivity contribution >= 4 is 0 Å². The van der Waals surface area contributed by atoms with E-state index in [1.165, 1.54) is 0 Å². The zero-order valence-electron chi connectivity index (χ0n) is 1.97. The van der Waals surface area contributed by atoms with E-state index in [1.54, 1.807) is 0 Å². The molecule has 19 valence electrons. The topological polar surface area (TPSA) is 43.1 Å². The fourth-order valence-corrected chi connectivity index (χ4v) is 0. The van der Waals surface area contributed by atoms with Gasteiger partial charge in [-0.2, -0.15) is 0 Å². The third-order valence-corrected chi connectivity index (χ3v) is 0. The van der Waals surface area contributed by atoms with Crippen LogP contribution in [0.5, 0.6) is 0 Å². The summed E-state index contributed by atoms with van der Waals surface area (Å²) in [5, 5.41) is 8.88. The summed E-state index contributed by atoms with van der Waals surface area (Å²) in [7, 11) is 0. The number of rotatable bonds is 0. The maximum atomic E-state index is 8.88. The summed E-state index contributed by atoms with van der Waals surface area (Å²) in [5.74, 6) is 0. The fraction of sp³-hybridized carbons (Fsp3) is 0. The molecule has 0 saturated carbocycles. The van der Waals surface area contributed by atoms with Crippen molar-refractivity contribution in [3.63, 3.8) is 0 Å². The number of hydrogen-bond donors (Lipinski definition) is 0. The van der Waals surface area contributed by atoms with E-state index in [-0.39, 0.29) is 28.8 Å². The van der Waals surface area contributed by atoms with E-state index in [0.29, 0.717) is 0 Å². The number of nitrogens with zero attached hydrogens (tertiary/aromatic N) is 1. The third-order valence-electron chi connectivity index (χ3n) is 0. The van der Waals surface area contributed by atoms with Crippen molar-refractivity contribution in [3.8, 4) is 0 Å². The van der Waals surface area contributed by atoms with E-state index in [1.807, 2.05) is 0 Å². The Morgan fingerprint density at radius 3 is 2.00 bits per heavy atom. The van der Waals surface area contributed by atoms with Crippen molar-refractivity contribution in [2.75, 3.05) is 0 Å². The van der Waals surface area contributed by atoms with Gasteiger partial charge in [0.1, 0.15) is 0 Å². The molecular weight excluding hydrogens is 158 g/mol. The molecule has 0 fully saturated rings. The summed E-state index contributed by atoms with van der Waals surface area (Å²) in [4.78, 5) is 8.88. The fourth-order valence-electron chi connectivity index (χ4n) is 0. The van der Waals surface area contributed by atoms with Crippen molar-refractivity contribution in [3.05, 3.63) is 10.1 Å². The van der Waals surface area contributed by atoms with E-state index >= 15 is 0 Å². The monoisotopic (exact) mass is 160 g/mol. The zero-order valence-corrected chi connectivity index (χ0v) is 6.01. The molecule has 0 aromatic heterocycles. The van der Waals surface area contributed by atoms with Crippen LogP contribution in [0.25, 0.3) is 0 Å². The first kappa shape index (κ1) is 4.32. The molecule has 4 heavy (non-hydrogen) atoms. The molecule has 0 bridgehead atoms. The molecule has 0 unspecified atom stereocenters. The average Bonchev–Trinajstić information content (AvgIpc) is 0.811. The van der Waals surface area contributed by atoms with Crippen LogP contribution in [-0.4, -0.2) is 2.73 Å². The Morgan fingerprint density at radius 2 is 2.00 bits per heavy atom. The van der Waals surface area contributed by atoms with Crippen LogP contribution in [0.2, 0.25) is 0 Å². The van der Waals surface area contributed by atoms with E-state index in [9.17, 15) is 0 Å². The summed E-state index contributed by atoms with van der Waals surface area (Å²) < 4.78 is -0.330. The molecule has 0 atom stereocenters. The summed E-state index contributed by atoms with van der Waals surface area (Å²) in [6.07, 6.45) is 0. The van der Waals surface area contributed by atoms with E-state index < -0.39 is 0 Å². The average molecular weight is 158 g/mol. The van der Waals surface area contributed by atoms with Gasteiger partial charge in [-0.25, -0.2) is 0 Å². The van der Waals surface area contributed by atoms with Gasteiger partial charge in [0.25, 0.3) is 0 Å². The van der Waals surface area contributed by atoms with Crippen LogP contribution in [0.3, 0.4) is 0 Å². The second kappa shape index (κ2) is 1.62. The first-order chi connectivity index (χ1) is 1.73. The molecular formula is CdNO2. The minimum absolute atomic E-state index is 0.112. The summed E-state index contributed by atoms with van der Waals surface area (Å²) in [6, 6.07) is 0. The molecule has 0 rings (SSSR count). The Balaban J connectivity index is 2.80. The summed E-state index contributed by atoms with van der Waals surface area (Å²) in [6.45, 7) is 0. The Bertz CT molecular complexity index is 29.0. The van der Waals surface area contributed by atoms with Gasteiger partial charge in [-0.3, -0.25) is 0 Å². The van der Waals surface area contributed by atoms with Gasteiger partial charge < -0.3 is 0 Å². The molecule has 0 amide bonds. The second-order valence-corrected chi connectivity index (χ2v) is 1.81. The predicted octanol–water partition coefficient (Wildman–Crippen LogP) is -0.275. The quantitative estimate of drug-likeness (QED) is 0.277. The molecule has 4 heteroatoms. The Labute approximate surface area is 39.3 Å². The third kappa shape index (κ3) is 39.1. The van der Waals surface area contributed by atoms with Crippen LogP contribution in [0.1, 0.15) is 0 Å². The van der Waals surface area contributed by atoms with Crippen LogP contribution in [-0.2, 0) is 26.1 Å². The van der Waals surface area contributed by atoms with Crippen LogP contribution in [0.15, 0.2) is 0 Å². The first-order valence-electron chi connectivity index (χ1n) is 0.681. The van der Waals surface area contributed by atoms with Crippen LogP contribution < -0.4 is 0 Å². The van der Waals surface area contributed by atoms with Crippen LogP contribution >= 0.6 is 0 Å². The molecule has 0 aromatic rings. The van der Waals surface area contributed by atoms with Gasteiger partial charge in [0.05, 0.1) is 0 Å². The van der Waals surface area contributed by atoms with Crippen molar-refractivity contribution in [1.82, 2.24) is 0 Å². The van der Waals surface area contributed by atoms with E-state index in [4.69, 9.17) is 10.1 Å². The standard InChI is InChI=1S/Cd.NO2/c;2-1-3. The molecule has 0 aliphatic rings. The summed E-state index contributed by atoms with van der Waals surface area (Å²) >= 11 is -0.112. The van der Waals surface area contributed by atoms with Gasteiger partial charge in [-0.15, -0.1) is 0 Å². The molecule has 0 radical (unpaired) electrons. The van der Waals surface area contributed by atoms with E-state index in [2.05, 4.69) is 0 Å². The van der Waals surface area contributed by atoms with Gasteiger partial charge in [-0.1, -0.05) is 0 Å². The Hall–Kier alpha value is 0.322. The van der Waals surface area contributed by atoms with Crippen molar-refractivity contribution in [1.29, 1.82) is 0 Å². The van der Waals surface area contributed by atoms with Gasteiger partial charge in [0, 0.05) is 0 Å². The predicted molar refractivity (Wildman–Crippen MR) is 6.99 cm³/mol. The molecule has 3 nitrogen and oxygen atoms in total. The Kier molecular flexibility index (Phi) is 1.75. The van der Waals surface area contributed by atoms with Gasteiger partial charge >= 0.3 is 38.9 Å². The van der Waals surface area contributed by atoms with Gasteiger partial charge in [0.15, 0.2) is 0 Å². The summed E-state index contributed by atoms with van der Waals surface area (Å²) in [5.41, 5.74) is 0. The molecule has 0 aromatic carbocycles. The van der Waals surface area contributed by atoms with Crippen molar-refractivity contribution < 1.29 is 28.8 Å². The molecule has 0 saturated heterocycles. The molecule has 0 heterocycles. The normalized spacial score (nSPS) is 6.50. The maximum absolute atomic E-state index is 8.88. The molecule has 0 spiro atoms. The van der Waals surface area contributed by atoms with Gasteiger partial charge in [0.2, 0.25) is 0 Å². The molecule has 0 aliphatic heterocycles. The molecule has 0 N–H and O–H groups in total. The second-order valence-electron chi connectivity index (χ2n) is 0.333. The Morgan fingerprint density at radius 1 is 2.00 bits per heavy atom. The van der Waals surface area contributed by atoms with Gasteiger partial charge in [-0.05, 0) is 0 Å². The van der Waals surface area contributed by atoms with Crippen molar-refractivity contribution in [2.45, 2.75) is 0 Å². The SMILES string of the molecule is O=[N+]([O-])[Cd]. The minimum atomic E-state index is -0.330. The first-order valence-corrected chi connectivity index (χ1v) is 2.49. The number of hydrogen-bond acceptors (Lipinski definition) is 2. The van der Waals surface area contributed by atoms with E-state index in [0.717, 1.165) is 0 Å². The van der Waals surface area contributed by atoms with Crippen LogP contribution in [0.4, 0.5) is 0 Å². The molecule has 0 aliphatic carbocycles. The zero-order chi connectivity index (χ0) is 3.58. The number of nitro groups is 1. The van der Waals surface area contributed by atoms with Crippen molar-refractivity contribution in [2.24, 2.45) is 0 Å². The van der Waals surface area contributed by atoms with Crippen LogP contribution in [0, 0.1) is 10.1 Å².